The standard InChI is InChI=1S/C21H27N5S/c1-25(2)21-22-14-19(27-21)15-26-10-8-17(9-11-26)20-18(13-23-24-20)12-16-6-4-3-5-7-16/h3-7,13-14,17H,8-12,15H2,1-2H3,(H,23,24). The maximum atomic E-state index is 4.49. The van der Waals surface area contributed by atoms with Gasteiger partial charge in [0.2, 0.25) is 0 Å². The van der Waals surface area contributed by atoms with Crippen LogP contribution in [0.3, 0.4) is 0 Å². The van der Waals surface area contributed by atoms with Gasteiger partial charge in [-0.2, -0.15) is 5.10 Å². The predicted octanol–water partition coefficient (Wildman–Crippen LogP) is 3.90. The number of thiazole rings is 1. The Morgan fingerprint density at radius 2 is 1.93 bits per heavy atom. The lowest BCUT2D eigenvalue weighted by Crippen LogP contribution is -2.32. The first-order valence-electron chi connectivity index (χ1n) is 9.59. The van der Waals surface area contributed by atoms with Crippen molar-refractivity contribution in [1.29, 1.82) is 0 Å². The Morgan fingerprint density at radius 3 is 2.63 bits per heavy atom. The summed E-state index contributed by atoms with van der Waals surface area (Å²) in [5, 5.41) is 8.73. The first-order valence-corrected chi connectivity index (χ1v) is 10.4. The molecule has 1 aliphatic heterocycles. The van der Waals surface area contributed by atoms with Crippen molar-refractivity contribution in [3.05, 3.63) is 64.4 Å². The topological polar surface area (TPSA) is 48.1 Å². The van der Waals surface area contributed by atoms with Crippen LogP contribution in [0.25, 0.3) is 0 Å². The second-order valence-electron chi connectivity index (χ2n) is 7.53. The van der Waals surface area contributed by atoms with E-state index in [2.05, 4.69) is 55.3 Å². The molecule has 1 aromatic carbocycles. The third-order valence-electron chi connectivity index (χ3n) is 5.29. The van der Waals surface area contributed by atoms with Crippen molar-refractivity contribution in [3.63, 3.8) is 0 Å². The third kappa shape index (κ3) is 4.39. The highest BCUT2D eigenvalue weighted by Crippen LogP contribution is 2.31. The Morgan fingerprint density at radius 1 is 1.15 bits per heavy atom. The Hall–Kier alpha value is -2.18. The highest BCUT2D eigenvalue weighted by Gasteiger charge is 2.24. The lowest BCUT2D eigenvalue weighted by atomic mass is 9.90. The molecule has 3 aromatic rings. The average Bonchev–Trinajstić information content (AvgIpc) is 3.33. The van der Waals surface area contributed by atoms with Crippen LogP contribution in [0.1, 0.15) is 40.5 Å². The van der Waals surface area contributed by atoms with Crippen molar-refractivity contribution >= 4 is 16.5 Å². The molecule has 0 saturated carbocycles. The van der Waals surface area contributed by atoms with Crippen LogP contribution in [0.15, 0.2) is 42.7 Å². The Kier molecular flexibility index (Phi) is 5.55. The van der Waals surface area contributed by atoms with Gasteiger partial charge in [0.25, 0.3) is 0 Å². The van der Waals surface area contributed by atoms with Crippen LogP contribution in [-0.2, 0) is 13.0 Å². The fourth-order valence-electron chi connectivity index (χ4n) is 3.81. The van der Waals surface area contributed by atoms with Crippen LogP contribution < -0.4 is 4.90 Å². The molecule has 0 bridgehead atoms. The van der Waals surface area contributed by atoms with Gasteiger partial charge in [0.1, 0.15) is 0 Å². The fourth-order valence-corrected chi connectivity index (χ4v) is 4.68. The number of aromatic nitrogens is 3. The molecule has 0 amide bonds. The quantitative estimate of drug-likeness (QED) is 0.703. The number of benzene rings is 1. The molecule has 2 aromatic heterocycles. The minimum atomic E-state index is 0.584. The van der Waals surface area contributed by atoms with Gasteiger partial charge in [-0.1, -0.05) is 30.3 Å². The first kappa shape index (κ1) is 18.2. The molecule has 1 aliphatic rings. The van der Waals surface area contributed by atoms with Crippen LogP contribution >= 0.6 is 11.3 Å². The van der Waals surface area contributed by atoms with Gasteiger partial charge in [-0.3, -0.25) is 10.00 Å². The molecule has 1 saturated heterocycles. The number of anilines is 1. The van der Waals surface area contributed by atoms with Gasteiger partial charge in [-0.15, -0.1) is 11.3 Å². The molecular weight excluding hydrogens is 354 g/mol. The van der Waals surface area contributed by atoms with Crippen LogP contribution in [0.5, 0.6) is 0 Å². The number of H-pyrrole nitrogens is 1. The highest BCUT2D eigenvalue weighted by molar-refractivity contribution is 7.15. The van der Waals surface area contributed by atoms with Gasteiger partial charge in [-0.25, -0.2) is 4.98 Å². The summed E-state index contributed by atoms with van der Waals surface area (Å²) in [4.78, 5) is 10.5. The van der Waals surface area contributed by atoms with Gasteiger partial charge in [0, 0.05) is 49.7 Å². The summed E-state index contributed by atoms with van der Waals surface area (Å²) >= 11 is 1.79. The van der Waals surface area contributed by atoms with E-state index >= 15 is 0 Å². The molecule has 142 valence electrons. The van der Waals surface area contributed by atoms with E-state index in [4.69, 9.17) is 0 Å². The number of hydrogen-bond acceptors (Lipinski definition) is 5. The van der Waals surface area contributed by atoms with E-state index in [1.54, 1.807) is 11.3 Å². The van der Waals surface area contributed by atoms with Crippen LogP contribution in [-0.4, -0.2) is 47.3 Å². The van der Waals surface area contributed by atoms with E-state index < -0.39 is 0 Å². The van der Waals surface area contributed by atoms with Crippen molar-refractivity contribution in [1.82, 2.24) is 20.1 Å². The summed E-state index contributed by atoms with van der Waals surface area (Å²) in [5.74, 6) is 0.584. The lowest BCUT2D eigenvalue weighted by Gasteiger charge is -2.31. The van der Waals surface area contributed by atoms with Crippen molar-refractivity contribution in [2.45, 2.75) is 31.7 Å². The maximum absolute atomic E-state index is 4.49. The Bertz CT molecular complexity index is 846. The number of aromatic amines is 1. The summed E-state index contributed by atoms with van der Waals surface area (Å²) < 4.78 is 0. The van der Waals surface area contributed by atoms with Crippen LogP contribution in [0, 0.1) is 0 Å². The van der Waals surface area contributed by atoms with Crippen molar-refractivity contribution < 1.29 is 0 Å². The van der Waals surface area contributed by atoms with Gasteiger partial charge in [0.05, 0.1) is 6.20 Å². The zero-order valence-electron chi connectivity index (χ0n) is 16.1. The molecule has 0 spiro atoms. The number of nitrogens with one attached hydrogen (secondary N) is 1. The lowest BCUT2D eigenvalue weighted by molar-refractivity contribution is 0.204. The molecule has 0 aliphatic carbocycles. The van der Waals surface area contributed by atoms with E-state index in [1.807, 2.05) is 26.5 Å². The SMILES string of the molecule is CN(C)c1ncc(CN2CCC(c3[nH]ncc3Cc3ccccc3)CC2)s1. The fraction of sp³-hybridized carbons (Fsp3) is 0.429. The van der Waals surface area contributed by atoms with Crippen LogP contribution in [0.4, 0.5) is 5.13 Å². The molecule has 0 radical (unpaired) electrons. The van der Waals surface area contributed by atoms with Crippen molar-refractivity contribution in [3.8, 4) is 0 Å². The number of hydrogen-bond donors (Lipinski definition) is 1. The number of rotatable bonds is 6. The normalized spacial score (nSPS) is 15.9. The summed E-state index contributed by atoms with van der Waals surface area (Å²) in [6.45, 7) is 3.27. The molecule has 27 heavy (non-hydrogen) atoms. The maximum Gasteiger partial charge on any atom is 0.185 e. The van der Waals surface area contributed by atoms with Gasteiger partial charge in [-0.05, 0) is 37.1 Å². The third-order valence-corrected chi connectivity index (χ3v) is 6.44. The second kappa shape index (κ2) is 8.23. The minimum absolute atomic E-state index is 0.584. The number of piperidine rings is 1. The zero-order valence-corrected chi connectivity index (χ0v) is 16.9. The average molecular weight is 382 g/mol. The van der Waals surface area contributed by atoms with E-state index in [1.165, 1.54) is 34.5 Å². The summed E-state index contributed by atoms with van der Waals surface area (Å²) in [6, 6.07) is 10.7. The second-order valence-corrected chi connectivity index (χ2v) is 8.62. The molecule has 3 heterocycles. The van der Waals surface area contributed by atoms with Gasteiger partial charge in [0.15, 0.2) is 5.13 Å². The molecule has 5 nitrogen and oxygen atoms in total. The molecule has 1 fully saturated rings. The van der Waals surface area contributed by atoms with E-state index in [0.29, 0.717) is 5.92 Å². The largest absolute Gasteiger partial charge is 0.354 e. The van der Waals surface area contributed by atoms with Gasteiger partial charge < -0.3 is 4.90 Å². The van der Waals surface area contributed by atoms with Crippen molar-refractivity contribution in [2.75, 3.05) is 32.1 Å². The van der Waals surface area contributed by atoms with E-state index in [0.717, 1.165) is 31.2 Å². The molecule has 6 heteroatoms. The summed E-state index contributed by atoms with van der Waals surface area (Å²) in [6.07, 6.45) is 7.36. The first-order chi connectivity index (χ1) is 13.2. The molecule has 0 unspecified atom stereocenters. The van der Waals surface area contributed by atoms with Crippen LogP contribution in [0.2, 0.25) is 0 Å². The molecular formula is C21H27N5S. The zero-order chi connectivity index (χ0) is 18.6. The summed E-state index contributed by atoms with van der Waals surface area (Å²) in [7, 11) is 4.09. The number of nitrogens with zero attached hydrogens (tertiary/aromatic N) is 4. The molecule has 0 atom stereocenters. The van der Waals surface area contributed by atoms with Crippen molar-refractivity contribution in [2.24, 2.45) is 0 Å². The van der Waals surface area contributed by atoms with Gasteiger partial charge >= 0.3 is 0 Å². The van der Waals surface area contributed by atoms with E-state index in [9.17, 15) is 0 Å². The number of likely N-dealkylation sites (tertiary alicyclic amines) is 1. The predicted molar refractivity (Wildman–Crippen MR) is 112 cm³/mol. The molecule has 4 rings (SSSR count). The monoisotopic (exact) mass is 381 g/mol. The molecule has 1 N–H and O–H groups in total. The summed E-state index contributed by atoms with van der Waals surface area (Å²) in [5.41, 5.74) is 4.03. The van der Waals surface area contributed by atoms with E-state index in [-0.39, 0.29) is 0 Å². The highest BCUT2D eigenvalue weighted by atomic mass is 32.1. The Balaban J connectivity index is 1.35. The Labute approximate surface area is 165 Å². The smallest absolute Gasteiger partial charge is 0.185 e. The minimum Gasteiger partial charge on any atom is -0.354 e.